The summed E-state index contributed by atoms with van der Waals surface area (Å²) in [6.45, 7) is -0.0322. The van der Waals surface area contributed by atoms with Gasteiger partial charge in [-0.25, -0.2) is 0 Å². The van der Waals surface area contributed by atoms with Gasteiger partial charge in [-0.3, -0.25) is 9.59 Å². The van der Waals surface area contributed by atoms with E-state index in [2.05, 4.69) is 10.6 Å². The van der Waals surface area contributed by atoms with E-state index in [1.165, 1.54) is 12.5 Å². The van der Waals surface area contributed by atoms with E-state index in [9.17, 15) is 9.59 Å². The van der Waals surface area contributed by atoms with Gasteiger partial charge in [-0.05, 0) is 31.0 Å². The second-order valence-corrected chi connectivity index (χ2v) is 6.03. The lowest BCUT2D eigenvalue weighted by molar-refractivity contribution is -0.121. The summed E-state index contributed by atoms with van der Waals surface area (Å²) in [6.07, 6.45) is 5.58. The molecule has 0 atom stereocenters. The maximum Gasteiger partial charge on any atom is 0.251 e. The highest BCUT2D eigenvalue weighted by atomic mass is 35.5. The van der Waals surface area contributed by atoms with Crippen LogP contribution in [0.4, 0.5) is 0 Å². The van der Waals surface area contributed by atoms with E-state index in [0.29, 0.717) is 15.6 Å². The molecule has 0 bridgehead atoms. The molecule has 2 rings (SSSR count). The quantitative estimate of drug-likeness (QED) is 0.891. The van der Waals surface area contributed by atoms with E-state index < -0.39 is 0 Å². The molecule has 1 aliphatic carbocycles. The molecule has 0 heterocycles. The van der Waals surface area contributed by atoms with Crippen LogP contribution in [0.1, 0.15) is 42.5 Å². The molecule has 0 spiro atoms. The minimum absolute atomic E-state index is 0.0322. The summed E-state index contributed by atoms with van der Waals surface area (Å²) in [5, 5.41) is 6.24. The fourth-order valence-corrected chi connectivity index (χ4v) is 2.72. The van der Waals surface area contributed by atoms with E-state index in [-0.39, 0.29) is 24.4 Å². The Kier molecular flexibility index (Phi) is 5.88. The molecule has 0 aromatic heterocycles. The Morgan fingerprint density at radius 3 is 2.48 bits per heavy atom. The van der Waals surface area contributed by atoms with Crippen molar-refractivity contribution in [1.29, 1.82) is 0 Å². The lowest BCUT2D eigenvalue weighted by Crippen LogP contribution is -2.42. The van der Waals surface area contributed by atoms with Crippen LogP contribution < -0.4 is 10.6 Å². The number of carbonyl (C=O) groups excluding carboxylic acids is 2. The van der Waals surface area contributed by atoms with E-state index in [1.54, 1.807) is 12.1 Å². The molecule has 1 fully saturated rings. The first kappa shape index (κ1) is 16.1. The van der Waals surface area contributed by atoms with E-state index in [1.807, 2.05) is 0 Å². The fourth-order valence-electron chi connectivity index (χ4n) is 2.43. The average Bonchev–Trinajstić information content (AvgIpc) is 2.48. The number of nitrogens with one attached hydrogen (secondary N) is 2. The molecule has 0 aliphatic heterocycles. The van der Waals surface area contributed by atoms with Crippen molar-refractivity contribution < 1.29 is 9.59 Å². The van der Waals surface area contributed by atoms with Gasteiger partial charge in [0.15, 0.2) is 0 Å². The molecular weight excluding hydrogens is 311 g/mol. The normalized spacial score (nSPS) is 15.5. The second kappa shape index (κ2) is 7.66. The minimum Gasteiger partial charge on any atom is -0.352 e. The molecule has 1 aromatic rings. The molecular formula is C15H18Cl2N2O2. The Morgan fingerprint density at radius 2 is 1.81 bits per heavy atom. The molecule has 21 heavy (non-hydrogen) atoms. The Hall–Kier alpha value is -1.26. The smallest absolute Gasteiger partial charge is 0.251 e. The van der Waals surface area contributed by atoms with Crippen molar-refractivity contribution in [2.45, 2.75) is 38.1 Å². The van der Waals surface area contributed by atoms with Crippen LogP contribution in [0.2, 0.25) is 10.0 Å². The zero-order valence-electron chi connectivity index (χ0n) is 11.6. The number of rotatable bonds is 4. The van der Waals surface area contributed by atoms with Crippen LogP contribution in [0.15, 0.2) is 18.2 Å². The summed E-state index contributed by atoms with van der Waals surface area (Å²) in [7, 11) is 0. The molecule has 0 unspecified atom stereocenters. The lowest BCUT2D eigenvalue weighted by atomic mass is 9.95. The summed E-state index contributed by atoms with van der Waals surface area (Å²) >= 11 is 11.7. The molecule has 1 aromatic carbocycles. The van der Waals surface area contributed by atoms with Crippen LogP contribution in [0, 0.1) is 0 Å². The van der Waals surface area contributed by atoms with Gasteiger partial charge in [0.2, 0.25) is 5.91 Å². The van der Waals surface area contributed by atoms with Gasteiger partial charge in [0.25, 0.3) is 5.91 Å². The summed E-state index contributed by atoms with van der Waals surface area (Å²) in [4.78, 5) is 23.7. The van der Waals surface area contributed by atoms with Crippen LogP contribution >= 0.6 is 23.2 Å². The predicted molar refractivity (Wildman–Crippen MR) is 83.8 cm³/mol. The zero-order valence-corrected chi connectivity index (χ0v) is 13.1. The fraction of sp³-hybridized carbons (Fsp3) is 0.467. The van der Waals surface area contributed by atoms with Crippen LogP contribution in [0.5, 0.6) is 0 Å². The molecule has 0 radical (unpaired) electrons. The first-order valence-electron chi connectivity index (χ1n) is 7.09. The van der Waals surface area contributed by atoms with E-state index in [0.717, 1.165) is 25.7 Å². The predicted octanol–water partition coefficient (Wildman–Crippen LogP) is 3.17. The zero-order chi connectivity index (χ0) is 15.2. The van der Waals surface area contributed by atoms with Gasteiger partial charge in [0.05, 0.1) is 16.6 Å². The van der Waals surface area contributed by atoms with Gasteiger partial charge < -0.3 is 10.6 Å². The van der Waals surface area contributed by atoms with Crippen molar-refractivity contribution in [2.75, 3.05) is 6.54 Å². The van der Waals surface area contributed by atoms with Crippen molar-refractivity contribution in [3.05, 3.63) is 33.8 Å². The van der Waals surface area contributed by atoms with Crippen molar-refractivity contribution in [3.63, 3.8) is 0 Å². The number of amides is 2. The monoisotopic (exact) mass is 328 g/mol. The Balaban J connectivity index is 1.80. The highest BCUT2D eigenvalue weighted by Gasteiger charge is 2.16. The van der Waals surface area contributed by atoms with Crippen LogP contribution in [-0.4, -0.2) is 24.4 Å². The largest absolute Gasteiger partial charge is 0.352 e. The second-order valence-electron chi connectivity index (χ2n) is 5.21. The summed E-state index contributed by atoms with van der Waals surface area (Å²) in [6, 6.07) is 4.86. The first-order valence-corrected chi connectivity index (χ1v) is 7.84. The van der Waals surface area contributed by atoms with Gasteiger partial charge in [0, 0.05) is 11.6 Å². The number of hydrogen-bond acceptors (Lipinski definition) is 2. The molecule has 6 heteroatoms. The van der Waals surface area contributed by atoms with Gasteiger partial charge in [-0.2, -0.15) is 0 Å². The molecule has 0 saturated heterocycles. The average molecular weight is 329 g/mol. The molecule has 1 saturated carbocycles. The van der Waals surface area contributed by atoms with Gasteiger partial charge in [0.1, 0.15) is 0 Å². The Bertz CT molecular complexity index is 528. The van der Waals surface area contributed by atoms with E-state index in [4.69, 9.17) is 23.2 Å². The molecule has 1 aliphatic rings. The van der Waals surface area contributed by atoms with Gasteiger partial charge in [-0.15, -0.1) is 0 Å². The standard InChI is InChI=1S/C15H18Cl2N2O2/c16-12-7-6-10(8-13(12)17)15(21)18-9-14(20)19-11-4-2-1-3-5-11/h6-8,11H,1-5,9H2,(H,18,21)(H,19,20). The number of benzene rings is 1. The molecule has 2 N–H and O–H groups in total. The van der Waals surface area contributed by atoms with Crippen molar-refractivity contribution in [3.8, 4) is 0 Å². The first-order chi connectivity index (χ1) is 10.1. The van der Waals surface area contributed by atoms with Crippen molar-refractivity contribution >= 4 is 35.0 Å². The third-order valence-corrected chi connectivity index (χ3v) is 4.30. The highest BCUT2D eigenvalue weighted by Crippen LogP contribution is 2.22. The van der Waals surface area contributed by atoms with Crippen LogP contribution in [0.25, 0.3) is 0 Å². The Morgan fingerprint density at radius 1 is 1.10 bits per heavy atom. The van der Waals surface area contributed by atoms with Crippen molar-refractivity contribution in [1.82, 2.24) is 10.6 Å². The van der Waals surface area contributed by atoms with Crippen LogP contribution in [0.3, 0.4) is 0 Å². The van der Waals surface area contributed by atoms with E-state index >= 15 is 0 Å². The number of carbonyl (C=O) groups is 2. The Labute approximate surface area is 134 Å². The molecule has 114 valence electrons. The van der Waals surface area contributed by atoms with Crippen molar-refractivity contribution in [2.24, 2.45) is 0 Å². The maximum atomic E-state index is 11.9. The molecule has 2 amide bonds. The summed E-state index contributed by atoms with van der Waals surface area (Å²) < 4.78 is 0. The summed E-state index contributed by atoms with van der Waals surface area (Å²) in [5.74, 6) is -0.498. The molecule has 4 nitrogen and oxygen atoms in total. The number of halogens is 2. The van der Waals surface area contributed by atoms with Crippen LogP contribution in [-0.2, 0) is 4.79 Å². The lowest BCUT2D eigenvalue weighted by Gasteiger charge is -2.22. The number of hydrogen-bond donors (Lipinski definition) is 2. The van der Waals surface area contributed by atoms with Gasteiger partial charge >= 0.3 is 0 Å². The topological polar surface area (TPSA) is 58.2 Å². The SMILES string of the molecule is O=C(CNC(=O)c1ccc(Cl)c(Cl)c1)NC1CCCCC1. The third kappa shape index (κ3) is 4.90. The summed E-state index contributed by atoms with van der Waals surface area (Å²) in [5.41, 5.74) is 0.384. The maximum absolute atomic E-state index is 11.9. The third-order valence-electron chi connectivity index (χ3n) is 3.56. The highest BCUT2D eigenvalue weighted by molar-refractivity contribution is 6.42. The minimum atomic E-state index is -0.340. The van der Waals surface area contributed by atoms with Gasteiger partial charge in [-0.1, -0.05) is 42.5 Å².